The van der Waals surface area contributed by atoms with Gasteiger partial charge >= 0.3 is 0 Å². The van der Waals surface area contributed by atoms with Crippen molar-refractivity contribution in [2.45, 2.75) is 58.0 Å². The van der Waals surface area contributed by atoms with Gasteiger partial charge in [-0.05, 0) is 43.9 Å². The first kappa shape index (κ1) is 13.4. The van der Waals surface area contributed by atoms with Crippen LogP contribution in [0.25, 0.3) is 0 Å². The fourth-order valence-corrected chi connectivity index (χ4v) is 2.91. The van der Waals surface area contributed by atoms with Crippen LogP contribution in [0.4, 0.5) is 5.69 Å². The Hall–Kier alpha value is -1.02. The number of nitrogens with zero attached hydrogens (tertiary/aromatic N) is 1. The Balaban J connectivity index is 2.16. The lowest BCUT2D eigenvalue weighted by Gasteiger charge is -2.31. The van der Waals surface area contributed by atoms with Crippen molar-refractivity contribution < 1.29 is 0 Å². The third-order valence-electron chi connectivity index (χ3n) is 4.10. The van der Waals surface area contributed by atoms with Crippen molar-refractivity contribution in [3.63, 3.8) is 0 Å². The van der Waals surface area contributed by atoms with Crippen molar-refractivity contribution >= 4 is 5.69 Å². The summed E-state index contributed by atoms with van der Waals surface area (Å²) in [6.07, 6.45) is 6.67. The first-order valence-corrected chi connectivity index (χ1v) is 7.34. The first-order chi connectivity index (χ1) is 8.72. The van der Waals surface area contributed by atoms with Crippen molar-refractivity contribution in [1.29, 1.82) is 0 Å². The zero-order valence-electron chi connectivity index (χ0n) is 11.7. The second kappa shape index (κ2) is 6.24. The molecule has 0 aliphatic carbocycles. The van der Waals surface area contributed by atoms with Crippen LogP contribution in [0.15, 0.2) is 24.3 Å². The van der Waals surface area contributed by atoms with Gasteiger partial charge in [-0.25, -0.2) is 0 Å². The summed E-state index contributed by atoms with van der Waals surface area (Å²) in [5.41, 5.74) is 8.50. The summed E-state index contributed by atoms with van der Waals surface area (Å²) in [6.45, 7) is 5.55. The van der Waals surface area contributed by atoms with E-state index in [1.165, 1.54) is 49.9 Å². The van der Waals surface area contributed by atoms with E-state index in [2.05, 4.69) is 36.1 Å². The van der Waals surface area contributed by atoms with Crippen LogP contribution in [-0.2, 0) is 0 Å². The minimum atomic E-state index is 0.130. The highest BCUT2D eigenvalue weighted by molar-refractivity contribution is 5.49. The summed E-state index contributed by atoms with van der Waals surface area (Å²) in [5, 5.41) is 0. The fourth-order valence-electron chi connectivity index (χ4n) is 2.91. The van der Waals surface area contributed by atoms with E-state index in [9.17, 15) is 0 Å². The molecule has 1 fully saturated rings. The van der Waals surface area contributed by atoms with E-state index >= 15 is 0 Å². The average molecular weight is 246 g/mol. The summed E-state index contributed by atoms with van der Waals surface area (Å²) in [7, 11) is 0. The zero-order chi connectivity index (χ0) is 13.0. The highest BCUT2D eigenvalue weighted by atomic mass is 15.2. The third-order valence-corrected chi connectivity index (χ3v) is 4.10. The van der Waals surface area contributed by atoms with E-state index in [1.54, 1.807) is 0 Å². The molecule has 2 N–H and O–H groups in total. The van der Waals surface area contributed by atoms with Crippen LogP contribution >= 0.6 is 0 Å². The molecule has 2 rings (SSSR count). The van der Waals surface area contributed by atoms with Gasteiger partial charge in [0.1, 0.15) is 0 Å². The van der Waals surface area contributed by atoms with Crippen LogP contribution in [-0.4, -0.2) is 12.6 Å². The maximum Gasteiger partial charge on any atom is 0.0368 e. The smallest absolute Gasteiger partial charge is 0.0368 e. The molecule has 0 radical (unpaired) electrons. The molecular formula is C16H26N2. The molecule has 2 atom stereocenters. The van der Waals surface area contributed by atoms with Crippen LogP contribution in [0.3, 0.4) is 0 Å². The Morgan fingerprint density at radius 3 is 2.56 bits per heavy atom. The Morgan fingerprint density at radius 2 is 1.94 bits per heavy atom. The van der Waals surface area contributed by atoms with Gasteiger partial charge < -0.3 is 10.6 Å². The van der Waals surface area contributed by atoms with E-state index in [0.29, 0.717) is 6.04 Å². The Bertz CT molecular complexity index is 356. The van der Waals surface area contributed by atoms with Crippen molar-refractivity contribution in [1.82, 2.24) is 0 Å². The monoisotopic (exact) mass is 246 g/mol. The van der Waals surface area contributed by atoms with Gasteiger partial charge in [0, 0.05) is 24.3 Å². The molecular weight excluding hydrogens is 220 g/mol. The maximum absolute atomic E-state index is 5.91. The fraction of sp³-hybridized carbons (Fsp3) is 0.625. The molecule has 1 aliphatic rings. The van der Waals surface area contributed by atoms with Crippen LogP contribution in [0.2, 0.25) is 0 Å². The average Bonchev–Trinajstić information content (AvgIpc) is 2.63. The summed E-state index contributed by atoms with van der Waals surface area (Å²) >= 11 is 0. The quantitative estimate of drug-likeness (QED) is 0.877. The molecule has 0 bridgehead atoms. The van der Waals surface area contributed by atoms with Crippen molar-refractivity contribution in [3.8, 4) is 0 Å². The topological polar surface area (TPSA) is 29.3 Å². The van der Waals surface area contributed by atoms with Crippen molar-refractivity contribution in [2.24, 2.45) is 5.73 Å². The number of hydrogen-bond acceptors (Lipinski definition) is 2. The summed E-state index contributed by atoms with van der Waals surface area (Å²) < 4.78 is 0. The molecule has 0 spiro atoms. The number of benzene rings is 1. The van der Waals surface area contributed by atoms with E-state index in [4.69, 9.17) is 5.73 Å². The minimum Gasteiger partial charge on any atom is -0.369 e. The molecule has 2 unspecified atom stereocenters. The second-order valence-corrected chi connectivity index (χ2v) is 5.49. The van der Waals surface area contributed by atoms with Crippen LogP contribution in [0, 0.1) is 0 Å². The Morgan fingerprint density at radius 1 is 1.22 bits per heavy atom. The molecule has 0 amide bonds. The minimum absolute atomic E-state index is 0.130. The molecule has 1 saturated heterocycles. The van der Waals surface area contributed by atoms with Crippen molar-refractivity contribution in [2.75, 3.05) is 11.4 Å². The number of hydrogen-bond donors (Lipinski definition) is 1. The van der Waals surface area contributed by atoms with Gasteiger partial charge in [0.25, 0.3) is 0 Å². The predicted octanol–water partition coefficient (Wildman–Crippen LogP) is 3.87. The standard InChI is InChI=1S/C16H26N2/c1-3-15-7-5-4-6-12-18(15)16-10-8-14(9-11-16)13(2)17/h8-11,13,15H,3-7,12,17H2,1-2H3. The molecule has 2 nitrogen and oxygen atoms in total. The molecule has 18 heavy (non-hydrogen) atoms. The summed E-state index contributed by atoms with van der Waals surface area (Å²) in [4.78, 5) is 2.60. The molecule has 0 saturated carbocycles. The highest BCUT2D eigenvalue weighted by Gasteiger charge is 2.19. The highest BCUT2D eigenvalue weighted by Crippen LogP contribution is 2.26. The lowest BCUT2D eigenvalue weighted by Crippen LogP contribution is -2.34. The maximum atomic E-state index is 5.91. The van der Waals surface area contributed by atoms with Gasteiger partial charge in [0.05, 0.1) is 0 Å². The van der Waals surface area contributed by atoms with Gasteiger partial charge in [0.2, 0.25) is 0 Å². The van der Waals surface area contributed by atoms with Gasteiger partial charge in [-0.3, -0.25) is 0 Å². The molecule has 1 heterocycles. The van der Waals surface area contributed by atoms with Gasteiger partial charge in [-0.1, -0.05) is 31.9 Å². The molecule has 0 aromatic heterocycles. The lowest BCUT2D eigenvalue weighted by molar-refractivity contribution is 0.556. The van der Waals surface area contributed by atoms with Crippen LogP contribution < -0.4 is 10.6 Å². The van der Waals surface area contributed by atoms with E-state index in [-0.39, 0.29) is 6.04 Å². The normalized spacial score (nSPS) is 22.6. The molecule has 2 heteroatoms. The van der Waals surface area contributed by atoms with E-state index in [1.807, 2.05) is 6.92 Å². The number of rotatable bonds is 3. The van der Waals surface area contributed by atoms with Crippen molar-refractivity contribution in [3.05, 3.63) is 29.8 Å². The SMILES string of the molecule is CCC1CCCCCN1c1ccc(C(C)N)cc1. The number of nitrogens with two attached hydrogens (primary N) is 1. The molecule has 1 aromatic rings. The largest absolute Gasteiger partial charge is 0.369 e. The second-order valence-electron chi connectivity index (χ2n) is 5.49. The predicted molar refractivity (Wildman–Crippen MR) is 78.9 cm³/mol. The van der Waals surface area contributed by atoms with Crippen LogP contribution in [0.5, 0.6) is 0 Å². The van der Waals surface area contributed by atoms with Gasteiger partial charge in [0.15, 0.2) is 0 Å². The number of anilines is 1. The van der Waals surface area contributed by atoms with E-state index < -0.39 is 0 Å². The first-order valence-electron chi connectivity index (χ1n) is 7.34. The van der Waals surface area contributed by atoms with Gasteiger partial charge in [-0.2, -0.15) is 0 Å². The molecule has 100 valence electrons. The van der Waals surface area contributed by atoms with Crippen LogP contribution in [0.1, 0.15) is 57.6 Å². The van der Waals surface area contributed by atoms with Gasteiger partial charge in [-0.15, -0.1) is 0 Å². The van der Waals surface area contributed by atoms with E-state index in [0.717, 1.165) is 0 Å². The summed E-state index contributed by atoms with van der Waals surface area (Å²) in [5.74, 6) is 0. The Labute approximate surface area is 111 Å². The zero-order valence-corrected chi connectivity index (χ0v) is 11.7. The molecule has 1 aliphatic heterocycles. The summed E-state index contributed by atoms with van der Waals surface area (Å²) in [6, 6.07) is 9.69. The lowest BCUT2D eigenvalue weighted by atomic mass is 10.1. The molecule has 1 aromatic carbocycles. The Kier molecular flexibility index (Phi) is 4.65. The third kappa shape index (κ3) is 3.05.